The zero-order valence-corrected chi connectivity index (χ0v) is 20.9. The van der Waals surface area contributed by atoms with E-state index in [1.807, 2.05) is 24.3 Å². The molecule has 14 rings (SSSR count). The number of rotatable bonds is 0. The van der Waals surface area contributed by atoms with E-state index in [-0.39, 0.29) is 0 Å². The molecule has 0 saturated carbocycles. The fourth-order valence-corrected chi connectivity index (χ4v) is 6.76. The molecule has 0 aromatic heterocycles. The first-order valence-electron chi connectivity index (χ1n) is 13.1. The molecule has 3 aromatic rings. The minimum Gasteiger partial charge on any atom is -0.194 e. The summed E-state index contributed by atoms with van der Waals surface area (Å²) < 4.78 is 126. The molecule has 8 heteroatoms. The average Bonchev–Trinajstić information content (AvgIpc) is 2.93. The number of halogens is 8. The Morgan fingerprint density at radius 3 is 1.12 bits per heavy atom. The van der Waals surface area contributed by atoms with Crippen molar-refractivity contribution in [2.75, 3.05) is 0 Å². The fraction of sp³-hybridized carbons (Fsp3) is 0.312. The number of allylic oxidation sites excluding steroid dienone is 4. The van der Waals surface area contributed by atoms with Gasteiger partial charge in [0.05, 0.1) is 0 Å². The van der Waals surface area contributed by atoms with E-state index in [0.29, 0.717) is 73.2 Å². The van der Waals surface area contributed by atoms with Gasteiger partial charge in [-0.1, -0.05) is 84.0 Å². The van der Waals surface area contributed by atoms with Gasteiger partial charge in [0.1, 0.15) is 0 Å². The Morgan fingerprint density at radius 1 is 0.425 bits per heavy atom. The monoisotopic (exact) mass is 558 g/mol. The van der Waals surface area contributed by atoms with Gasteiger partial charge in [0.2, 0.25) is 0 Å². The highest BCUT2D eigenvalue weighted by Gasteiger charge is 2.64. The van der Waals surface area contributed by atoms with Crippen molar-refractivity contribution in [1.82, 2.24) is 0 Å². The SMILES string of the molecule is FC1(F)c2ccc(cc2)C(F)(F)C(F)(F)c2ccc(c3c2[C@H]2C=C4CCc5ccc(cc5)CCC2=C[C@@H]43)C1(F)F. The van der Waals surface area contributed by atoms with Gasteiger partial charge < -0.3 is 0 Å². The molecule has 40 heavy (non-hydrogen) atoms. The number of aryl methyl sites for hydroxylation is 2. The van der Waals surface area contributed by atoms with Crippen LogP contribution in [0, 0.1) is 0 Å². The van der Waals surface area contributed by atoms with Gasteiger partial charge in [-0.3, -0.25) is 0 Å². The van der Waals surface area contributed by atoms with E-state index in [4.69, 9.17) is 0 Å². The predicted molar refractivity (Wildman–Crippen MR) is 133 cm³/mol. The summed E-state index contributed by atoms with van der Waals surface area (Å²) in [5, 5.41) is 0. The smallest absolute Gasteiger partial charge is 0.194 e. The van der Waals surface area contributed by atoms with Crippen LogP contribution >= 0.6 is 0 Å². The molecule has 0 radical (unpaired) electrons. The minimum absolute atomic E-state index is 0.378. The third-order valence-electron chi connectivity index (χ3n) is 8.97. The summed E-state index contributed by atoms with van der Waals surface area (Å²) in [5.41, 5.74) is -2.22. The largest absolute Gasteiger partial charge is 0.340 e. The molecule has 0 unspecified atom stereocenters. The van der Waals surface area contributed by atoms with Crippen molar-refractivity contribution in [2.45, 2.75) is 61.2 Å². The molecule has 0 nitrogen and oxygen atoms in total. The molecule has 206 valence electrons. The lowest BCUT2D eigenvalue weighted by atomic mass is 9.62. The number of hydrogen-bond donors (Lipinski definition) is 0. The third kappa shape index (κ3) is 3.25. The molecule has 0 fully saturated rings. The van der Waals surface area contributed by atoms with Gasteiger partial charge >= 0.3 is 23.7 Å². The molecule has 0 saturated heterocycles. The van der Waals surface area contributed by atoms with E-state index in [1.165, 1.54) is 0 Å². The van der Waals surface area contributed by atoms with Crippen LogP contribution in [0.5, 0.6) is 0 Å². The maximum absolute atomic E-state index is 16.0. The van der Waals surface area contributed by atoms with Crippen molar-refractivity contribution in [3.8, 4) is 0 Å². The lowest BCUT2D eigenvalue weighted by Gasteiger charge is -2.43. The minimum atomic E-state index is -4.80. The van der Waals surface area contributed by atoms with Gasteiger partial charge in [-0.25, -0.2) is 0 Å². The molecular weight excluding hydrogens is 536 g/mol. The van der Waals surface area contributed by atoms with Gasteiger partial charge in [-0.15, -0.1) is 0 Å². The topological polar surface area (TPSA) is 0 Å². The van der Waals surface area contributed by atoms with Crippen LogP contribution in [0.15, 0.2) is 84.0 Å². The molecular formula is C32H22F8. The Hall–Kier alpha value is -3.42. The lowest BCUT2D eigenvalue weighted by Crippen LogP contribution is -2.42. The van der Waals surface area contributed by atoms with Gasteiger partial charge in [-0.2, -0.15) is 35.1 Å². The Balaban J connectivity index is 1.52. The van der Waals surface area contributed by atoms with Crippen molar-refractivity contribution < 1.29 is 35.1 Å². The van der Waals surface area contributed by atoms with Gasteiger partial charge in [0.25, 0.3) is 0 Å². The molecule has 0 amide bonds. The van der Waals surface area contributed by atoms with Crippen LogP contribution in [0.2, 0.25) is 0 Å². The zero-order valence-electron chi connectivity index (χ0n) is 20.9. The second-order valence-corrected chi connectivity index (χ2v) is 11.1. The highest BCUT2D eigenvalue weighted by Crippen LogP contribution is 2.62. The molecule has 0 aliphatic heterocycles. The van der Waals surface area contributed by atoms with E-state index in [9.17, 15) is 0 Å². The Kier molecular flexibility index (Phi) is 5.16. The van der Waals surface area contributed by atoms with Crippen molar-refractivity contribution in [2.24, 2.45) is 0 Å². The summed E-state index contributed by atoms with van der Waals surface area (Å²) in [7, 11) is 0. The quantitative estimate of drug-likeness (QED) is 0.191. The van der Waals surface area contributed by atoms with Gasteiger partial charge in [-0.05, 0) is 47.9 Å². The first kappa shape index (κ1) is 25.5. The second kappa shape index (κ2) is 8.08. The van der Waals surface area contributed by atoms with Crippen LogP contribution in [-0.4, -0.2) is 0 Å². The van der Waals surface area contributed by atoms with Crippen LogP contribution in [0.4, 0.5) is 35.1 Å². The van der Waals surface area contributed by atoms with Gasteiger partial charge in [0.15, 0.2) is 0 Å². The van der Waals surface area contributed by atoms with E-state index >= 15 is 35.1 Å². The highest BCUT2D eigenvalue weighted by molar-refractivity contribution is 5.64. The number of hydrogen-bond acceptors (Lipinski definition) is 0. The summed E-state index contributed by atoms with van der Waals surface area (Å²) in [5.74, 6) is -21.2. The molecule has 0 spiro atoms. The first-order valence-corrected chi connectivity index (χ1v) is 13.1. The maximum atomic E-state index is 16.0. The average molecular weight is 559 g/mol. The summed E-state index contributed by atoms with van der Waals surface area (Å²) in [6.07, 6.45) is 5.21. The highest BCUT2D eigenvalue weighted by atomic mass is 19.3. The fourth-order valence-electron chi connectivity index (χ4n) is 6.76. The molecule has 11 aliphatic carbocycles. The Labute approximate surface area is 225 Å². The summed E-state index contributed by atoms with van der Waals surface area (Å²) in [6.45, 7) is 0. The van der Waals surface area contributed by atoms with Crippen LogP contribution in [0.1, 0.15) is 69.2 Å². The summed E-state index contributed by atoms with van der Waals surface area (Å²) in [4.78, 5) is 0. The normalized spacial score (nSPS) is 26.2. The van der Waals surface area contributed by atoms with Crippen LogP contribution in [-0.2, 0) is 36.5 Å². The van der Waals surface area contributed by atoms with Crippen LogP contribution < -0.4 is 0 Å². The van der Waals surface area contributed by atoms with Crippen molar-refractivity contribution in [3.05, 3.63) is 128 Å². The second-order valence-electron chi connectivity index (χ2n) is 11.1. The molecule has 0 heterocycles. The molecule has 0 N–H and O–H groups in total. The van der Waals surface area contributed by atoms with Crippen molar-refractivity contribution in [3.63, 3.8) is 0 Å². The molecule has 10 bridgehead atoms. The van der Waals surface area contributed by atoms with Gasteiger partial charge in [0, 0.05) is 34.1 Å². The van der Waals surface area contributed by atoms with E-state index < -0.39 is 68.9 Å². The van der Waals surface area contributed by atoms with E-state index in [2.05, 4.69) is 0 Å². The predicted octanol–water partition coefficient (Wildman–Crippen LogP) is 9.39. The van der Waals surface area contributed by atoms with Crippen LogP contribution in [0.3, 0.4) is 0 Å². The Morgan fingerprint density at radius 2 is 0.775 bits per heavy atom. The lowest BCUT2D eigenvalue weighted by molar-refractivity contribution is -0.228. The number of alkyl halides is 8. The molecule has 3 aromatic carbocycles. The third-order valence-corrected chi connectivity index (χ3v) is 8.97. The standard InChI is InChI=1S/C32H22F8/c33-29(34)21-9-11-22(12-10-21)30(35,36)32(39,40)26-14-13-25(31(29,37)38)27-23-16-20-8-6-18-2-1-17(3-4-18)5-7-19(23)15-24(20)28(26)27/h1-4,9-16,23-24H,5-8H2/t23-,24-/m0/s1. The summed E-state index contributed by atoms with van der Waals surface area (Å²) in [6, 6.07) is 10.4. The van der Waals surface area contributed by atoms with Crippen LogP contribution in [0.25, 0.3) is 0 Å². The summed E-state index contributed by atoms with van der Waals surface area (Å²) >= 11 is 0. The van der Waals surface area contributed by atoms with Crippen molar-refractivity contribution >= 4 is 0 Å². The molecule has 11 aliphatic rings. The number of benzene rings is 3. The zero-order chi connectivity index (χ0) is 28.2. The van der Waals surface area contributed by atoms with E-state index in [1.54, 1.807) is 12.2 Å². The van der Waals surface area contributed by atoms with E-state index in [0.717, 1.165) is 11.1 Å². The van der Waals surface area contributed by atoms with Crippen molar-refractivity contribution in [1.29, 1.82) is 0 Å². The Bertz CT molecular complexity index is 1470. The maximum Gasteiger partial charge on any atom is 0.340 e. The molecule has 2 atom stereocenters. The first-order chi connectivity index (χ1) is 18.8.